The maximum absolute atomic E-state index is 11.7. The molecule has 2 aromatic carbocycles. The molecule has 0 saturated heterocycles. The summed E-state index contributed by atoms with van der Waals surface area (Å²) in [5, 5.41) is 0. The number of hydrogen-bond donors (Lipinski definition) is 0. The average Bonchev–Trinajstić information content (AvgIpc) is 2.57. The highest BCUT2D eigenvalue weighted by molar-refractivity contribution is 6.30. The summed E-state index contributed by atoms with van der Waals surface area (Å²) in [7, 11) is 1.34. The van der Waals surface area contributed by atoms with Crippen LogP contribution in [0.25, 0.3) is 0 Å². The fourth-order valence-corrected chi connectivity index (χ4v) is 2.61. The lowest BCUT2D eigenvalue weighted by molar-refractivity contribution is 0.0600. The number of carbonyl (C=O) groups excluding carboxylic acids is 2. The third kappa shape index (κ3) is 2.57. The summed E-state index contributed by atoms with van der Waals surface area (Å²) in [5.74, 6) is 0.849. The number of rotatable bonds is 3. The Hall–Kier alpha value is -2.33. The van der Waals surface area contributed by atoms with Gasteiger partial charge in [-0.2, -0.15) is 0 Å². The number of ketones is 1. The maximum Gasteiger partial charge on any atom is 0.337 e. The second kappa shape index (κ2) is 5.81. The zero-order chi connectivity index (χ0) is 15.7. The highest BCUT2D eigenvalue weighted by Crippen LogP contribution is 2.37. The minimum absolute atomic E-state index is 0.0529. The molecule has 0 atom stereocenters. The lowest BCUT2D eigenvalue weighted by Crippen LogP contribution is -2.08. The normalized spacial score (nSPS) is 11.9. The molecule has 112 valence electrons. The number of hydrogen-bond acceptors (Lipinski definition) is 4. The van der Waals surface area contributed by atoms with Crippen LogP contribution in [0.3, 0.4) is 0 Å². The van der Waals surface area contributed by atoms with Crippen LogP contribution < -0.4 is 4.74 Å². The Labute approximate surface area is 132 Å². The summed E-state index contributed by atoms with van der Waals surface area (Å²) in [6.45, 7) is 0. The molecule has 0 N–H and O–H groups in total. The third-order valence-corrected chi connectivity index (χ3v) is 3.83. The highest BCUT2D eigenvalue weighted by Gasteiger charge is 2.20. The first-order chi connectivity index (χ1) is 10.6. The lowest BCUT2D eigenvalue weighted by Gasteiger charge is -2.21. The van der Waals surface area contributed by atoms with Crippen LogP contribution in [0.1, 0.15) is 31.8 Å². The predicted octanol–water partition coefficient (Wildman–Crippen LogP) is 3.59. The zero-order valence-corrected chi connectivity index (χ0v) is 12.6. The van der Waals surface area contributed by atoms with Gasteiger partial charge in [0.05, 0.1) is 18.6 Å². The van der Waals surface area contributed by atoms with E-state index in [4.69, 9.17) is 21.1 Å². The summed E-state index contributed by atoms with van der Waals surface area (Å²) in [6, 6.07) is 10.4. The van der Waals surface area contributed by atoms with Gasteiger partial charge in [0.25, 0.3) is 0 Å². The van der Waals surface area contributed by atoms with Crippen LogP contribution in [0.5, 0.6) is 11.5 Å². The molecule has 0 fully saturated rings. The second-order valence-electron chi connectivity index (χ2n) is 4.97. The minimum atomic E-state index is -0.389. The van der Waals surface area contributed by atoms with Gasteiger partial charge in [0.15, 0.2) is 5.78 Å². The van der Waals surface area contributed by atoms with Crippen molar-refractivity contribution in [1.82, 2.24) is 0 Å². The van der Waals surface area contributed by atoms with Gasteiger partial charge in [-0.05, 0) is 36.4 Å². The number of ether oxygens (including phenoxy) is 2. The molecule has 3 rings (SSSR count). The zero-order valence-electron chi connectivity index (χ0n) is 11.9. The summed E-state index contributed by atoms with van der Waals surface area (Å²) < 4.78 is 10.5. The van der Waals surface area contributed by atoms with E-state index in [0.717, 1.165) is 11.1 Å². The van der Waals surface area contributed by atoms with Gasteiger partial charge < -0.3 is 9.47 Å². The summed E-state index contributed by atoms with van der Waals surface area (Å²) in [4.78, 5) is 23.3. The molecule has 0 spiro atoms. The molecular formula is C17H13ClO4. The first-order valence-corrected chi connectivity index (χ1v) is 7.27. The first-order valence-electron chi connectivity index (χ1n) is 6.73. The average molecular weight is 317 g/mol. The van der Waals surface area contributed by atoms with Crippen LogP contribution in [-0.4, -0.2) is 24.7 Å². The third-order valence-electron chi connectivity index (χ3n) is 3.59. The molecule has 0 bridgehead atoms. The van der Waals surface area contributed by atoms with E-state index in [0.29, 0.717) is 29.0 Å². The van der Waals surface area contributed by atoms with Crippen LogP contribution in [0.2, 0.25) is 0 Å². The van der Waals surface area contributed by atoms with E-state index in [9.17, 15) is 9.59 Å². The van der Waals surface area contributed by atoms with Crippen molar-refractivity contribution in [2.24, 2.45) is 0 Å². The fraction of sp³-hybridized carbons (Fsp3) is 0.176. The molecule has 22 heavy (non-hydrogen) atoms. The van der Waals surface area contributed by atoms with Crippen molar-refractivity contribution < 1.29 is 19.1 Å². The Morgan fingerprint density at radius 2 is 1.68 bits per heavy atom. The molecule has 5 heteroatoms. The van der Waals surface area contributed by atoms with Crippen LogP contribution in [0.4, 0.5) is 0 Å². The molecule has 0 aromatic heterocycles. The minimum Gasteiger partial charge on any atom is -0.465 e. The van der Waals surface area contributed by atoms with Crippen molar-refractivity contribution in [3.63, 3.8) is 0 Å². The van der Waals surface area contributed by atoms with Crippen molar-refractivity contribution in [2.75, 3.05) is 13.0 Å². The van der Waals surface area contributed by atoms with E-state index in [2.05, 4.69) is 0 Å². The van der Waals surface area contributed by atoms with Crippen LogP contribution in [0.15, 0.2) is 36.4 Å². The van der Waals surface area contributed by atoms with Gasteiger partial charge in [-0.3, -0.25) is 4.79 Å². The molecule has 4 nitrogen and oxygen atoms in total. The van der Waals surface area contributed by atoms with Gasteiger partial charge in [0, 0.05) is 23.1 Å². The molecule has 2 aromatic rings. The van der Waals surface area contributed by atoms with E-state index >= 15 is 0 Å². The molecule has 1 aliphatic rings. The van der Waals surface area contributed by atoms with Gasteiger partial charge in [-0.1, -0.05) is 0 Å². The quantitative estimate of drug-likeness (QED) is 0.421. The first kappa shape index (κ1) is 14.6. The molecule has 0 saturated carbocycles. The molecule has 0 unspecified atom stereocenters. The Morgan fingerprint density at radius 1 is 1.09 bits per heavy atom. The molecular weight excluding hydrogens is 304 g/mol. The lowest BCUT2D eigenvalue weighted by atomic mass is 9.96. The molecule has 1 aliphatic heterocycles. The fourth-order valence-electron chi connectivity index (χ4n) is 2.45. The highest BCUT2D eigenvalue weighted by atomic mass is 35.5. The number of Topliss-reactive ketones (excluding diaryl/α,β-unsaturated/α-hetero) is 1. The Morgan fingerprint density at radius 3 is 2.27 bits per heavy atom. The Bertz CT molecular complexity index is 704. The largest absolute Gasteiger partial charge is 0.465 e. The topological polar surface area (TPSA) is 52.6 Å². The monoisotopic (exact) mass is 316 g/mol. The van der Waals surface area contributed by atoms with E-state index in [1.165, 1.54) is 7.11 Å². The van der Waals surface area contributed by atoms with Gasteiger partial charge in [0.1, 0.15) is 11.5 Å². The van der Waals surface area contributed by atoms with Crippen molar-refractivity contribution in [3.8, 4) is 11.5 Å². The van der Waals surface area contributed by atoms with E-state index in [1.54, 1.807) is 36.4 Å². The van der Waals surface area contributed by atoms with Crippen LogP contribution in [-0.2, 0) is 11.2 Å². The summed E-state index contributed by atoms with van der Waals surface area (Å²) in [5.41, 5.74) is 2.81. The van der Waals surface area contributed by atoms with Crippen molar-refractivity contribution in [1.29, 1.82) is 0 Å². The van der Waals surface area contributed by atoms with E-state index < -0.39 is 0 Å². The predicted molar refractivity (Wildman–Crippen MR) is 82.2 cm³/mol. The van der Waals surface area contributed by atoms with Gasteiger partial charge in [0.2, 0.25) is 0 Å². The molecule has 0 aliphatic carbocycles. The molecule has 0 radical (unpaired) electrons. The van der Waals surface area contributed by atoms with E-state index in [1.807, 2.05) is 0 Å². The van der Waals surface area contributed by atoms with E-state index in [-0.39, 0.29) is 17.6 Å². The second-order valence-corrected chi connectivity index (χ2v) is 5.24. The molecule has 1 heterocycles. The number of carbonyl (C=O) groups is 2. The number of fused-ring (bicyclic) bond motifs is 2. The summed E-state index contributed by atoms with van der Waals surface area (Å²) in [6.07, 6.45) is 0.582. The van der Waals surface area contributed by atoms with Crippen LogP contribution >= 0.6 is 11.6 Å². The van der Waals surface area contributed by atoms with Gasteiger partial charge in [-0.25, -0.2) is 4.79 Å². The number of esters is 1. The number of benzene rings is 2. The Kier molecular flexibility index (Phi) is 3.86. The van der Waals surface area contributed by atoms with Gasteiger partial charge >= 0.3 is 5.97 Å². The number of halogens is 1. The van der Waals surface area contributed by atoms with Gasteiger partial charge in [-0.15, -0.1) is 11.6 Å². The number of alkyl halides is 1. The smallest absolute Gasteiger partial charge is 0.337 e. The van der Waals surface area contributed by atoms with Crippen molar-refractivity contribution in [3.05, 3.63) is 58.7 Å². The van der Waals surface area contributed by atoms with Crippen molar-refractivity contribution >= 4 is 23.4 Å². The summed E-state index contributed by atoms with van der Waals surface area (Å²) >= 11 is 5.59. The Balaban J connectivity index is 1.96. The SMILES string of the molecule is COC(=O)c1ccc2c(c1)Cc1cc(C(=O)CCl)ccc1O2. The van der Waals surface area contributed by atoms with Crippen molar-refractivity contribution in [2.45, 2.75) is 6.42 Å². The standard InChI is InChI=1S/C17H13ClO4/c1-21-17(20)11-3-5-16-13(7-11)8-12-6-10(14(19)9-18)2-4-15(12)22-16/h2-7H,8-9H2,1H3. The van der Waals surface area contributed by atoms with Crippen LogP contribution in [0, 0.1) is 0 Å². The number of methoxy groups -OCH3 is 1. The molecule has 0 amide bonds. The maximum atomic E-state index is 11.7.